The van der Waals surface area contributed by atoms with Crippen LogP contribution in [0.15, 0.2) is 81.6 Å². The third-order valence-corrected chi connectivity index (χ3v) is 10.8. The minimum atomic E-state index is -4.32. The number of carboxylic acid groups (broad SMARTS) is 1. The van der Waals surface area contributed by atoms with Gasteiger partial charge in [0.2, 0.25) is 5.91 Å². The molecule has 3 aromatic carbocycles. The Morgan fingerprint density at radius 2 is 1.42 bits per heavy atom. The summed E-state index contributed by atoms with van der Waals surface area (Å²) in [5, 5.41) is 11.9. The first kappa shape index (κ1) is 37.2. The number of carbonyl (C=O) groups excluding carboxylic acids is 1. The summed E-state index contributed by atoms with van der Waals surface area (Å²) in [5.74, 6) is 1.82. The largest absolute Gasteiger partial charge is 0.497 e. The Morgan fingerprint density at radius 3 is 2.00 bits per heavy atom. The van der Waals surface area contributed by atoms with Crippen LogP contribution in [0.4, 0.5) is 18.9 Å². The summed E-state index contributed by atoms with van der Waals surface area (Å²) < 4.78 is 49.3. The normalized spacial score (nSPS) is 15.7. The van der Waals surface area contributed by atoms with Gasteiger partial charge in [-0.15, -0.1) is 23.5 Å². The summed E-state index contributed by atoms with van der Waals surface area (Å²) in [7, 11) is 3.23. The molecular weight excluding hydrogens is 688 g/mol. The van der Waals surface area contributed by atoms with Crippen LogP contribution in [-0.2, 0) is 15.8 Å². The maximum atomic E-state index is 13.0. The van der Waals surface area contributed by atoms with E-state index in [1.165, 1.54) is 23.9 Å². The van der Waals surface area contributed by atoms with E-state index in [9.17, 15) is 22.8 Å². The molecule has 3 heterocycles. The van der Waals surface area contributed by atoms with Gasteiger partial charge in [-0.05, 0) is 97.3 Å². The third-order valence-electron chi connectivity index (χ3n) is 8.52. The van der Waals surface area contributed by atoms with Crippen molar-refractivity contribution in [1.82, 2.24) is 10.2 Å². The van der Waals surface area contributed by atoms with Gasteiger partial charge in [-0.3, -0.25) is 9.69 Å². The van der Waals surface area contributed by atoms with Crippen LogP contribution >= 0.6 is 23.5 Å². The van der Waals surface area contributed by atoms with E-state index in [1.807, 2.05) is 47.4 Å². The van der Waals surface area contributed by atoms with Gasteiger partial charge in [0.15, 0.2) is 0 Å². The first-order valence-corrected chi connectivity index (χ1v) is 18.2. The number of aliphatic carboxylic acids is 1. The molecule has 8 nitrogen and oxygen atoms in total. The van der Waals surface area contributed by atoms with Crippen LogP contribution < -0.4 is 19.7 Å². The van der Waals surface area contributed by atoms with E-state index < -0.39 is 17.7 Å². The van der Waals surface area contributed by atoms with Gasteiger partial charge in [0, 0.05) is 70.9 Å². The molecule has 0 aliphatic carbocycles. The fourth-order valence-corrected chi connectivity index (χ4v) is 7.65. The maximum absolute atomic E-state index is 13.0. The highest BCUT2D eigenvalue weighted by atomic mass is 32.2. The average Bonchev–Trinajstić information content (AvgIpc) is 3.13. The zero-order chi connectivity index (χ0) is 35.7. The second kappa shape index (κ2) is 17.2. The molecule has 0 unspecified atom stereocenters. The highest BCUT2D eigenvalue weighted by Crippen LogP contribution is 2.35. The number of hydrogen-bond donors (Lipinski definition) is 2. The van der Waals surface area contributed by atoms with E-state index in [4.69, 9.17) is 14.6 Å². The summed E-state index contributed by atoms with van der Waals surface area (Å²) in [4.78, 5) is 30.0. The van der Waals surface area contributed by atoms with Crippen LogP contribution in [0.25, 0.3) is 12.2 Å². The Balaban J connectivity index is 0.000000269. The minimum Gasteiger partial charge on any atom is -0.497 e. The molecule has 3 aromatic rings. The number of hydrogen-bond acceptors (Lipinski definition) is 8. The number of amides is 1. The van der Waals surface area contributed by atoms with Crippen LogP contribution in [0.5, 0.6) is 11.5 Å². The first-order chi connectivity index (χ1) is 24.0. The standard InChI is InChI=1S/C26H30F3N3O2S.C11H10O3S/c1-34-23-7-8-24-19(16-23)15-20(18-35-24)25(33)30-9-2-3-10-31-11-13-32(14-12-31)22-6-4-5-21(17-22)26(27,28)29;1-14-9-2-3-10-7(5-9)4-8(6-15-10)11(12)13/h4-8,15-17H,2-3,9-14,18H2,1H3,(H,30,33);2-5H,6H2,1H3,(H,12,13). The summed E-state index contributed by atoms with van der Waals surface area (Å²) in [6.07, 6.45) is 1.16. The Hall–Kier alpha value is -4.07. The van der Waals surface area contributed by atoms with Gasteiger partial charge in [0.05, 0.1) is 19.8 Å². The molecular formula is C37H40F3N3O5S2. The number of fused-ring (bicyclic) bond motifs is 2. The molecule has 0 atom stereocenters. The van der Waals surface area contributed by atoms with Crippen molar-refractivity contribution in [2.24, 2.45) is 0 Å². The number of alkyl halides is 3. The smallest absolute Gasteiger partial charge is 0.416 e. The maximum Gasteiger partial charge on any atom is 0.416 e. The first-order valence-electron chi connectivity index (χ1n) is 16.2. The molecule has 50 heavy (non-hydrogen) atoms. The number of methoxy groups -OCH3 is 2. The van der Waals surface area contributed by atoms with Gasteiger partial charge >= 0.3 is 12.1 Å². The number of carboxylic acids is 1. The topological polar surface area (TPSA) is 91.3 Å². The molecule has 0 bridgehead atoms. The van der Waals surface area contributed by atoms with Gasteiger partial charge in [-0.2, -0.15) is 13.2 Å². The van der Waals surface area contributed by atoms with Crippen molar-refractivity contribution in [3.63, 3.8) is 0 Å². The van der Waals surface area contributed by atoms with Crippen molar-refractivity contribution in [2.75, 3.05) is 69.9 Å². The second-order valence-electron chi connectivity index (χ2n) is 11.9. The number of rotatable bonds is 10. The molecule has 2 N–H and O–H groups in total. The number of nitrogens with zero attached hydrogens (tertiary/aromatic N) is 2. The predicted molar refractivity (Wildman–Crippen MR) is 193 cm³/mol. The molecule has 6 rings (SSSR count). The van der Waals surface area contributed by atoms with Gasteiger partial charge in [0.1, 0.15) is 11.5 Å². The minimum absolute atomic E-state index is 0.0272. The number of ether oxygens (including phenoxy) is 2. The van der Waals surface area contributed by atoms with Crippen molar-refractivity contribution in [1.29, 1.82) is 0 Å². The predicted octanol–water partition coefficient (Wildman–Crippen LogP) is 7.19. The number of halogens is 3. The number of unbranched alkanes of at least 4 members (excludes halogenated alkanes) is 1. The zero-order valence-corrected chi connectivity index (χ0v) is 29.6. The van der Waals surface area contributed by atoms with E-state index in [1.54, 1.807) is 38.1 Å². The Kier molecular flexibility index (Phi) is 12.8. The van der Waals surface area contributed by atoms with Crippen molar-refractivity contribution in [3.8, 4) is 11.5 Å². The summed E-state index contributed by atoms with van der Waals surface area (Å²) in [5.41, 5.74) is 3.14. The number of piperazine rings is 1. The number of carbonyl (C=O) groups is 2. The lowest BCUT2D eigenvalue weighted by Crippen LogP contribution is -2.46. The lowest BCUT2D eigenvalue weighted by molar-refractivity contribution is -0.137. The number of nitrogens with one attached hydrogen (secondary N) is 1. The lowest BCUT2D eigenvalue weighted by atomic mass is 10.1. The van der Waals surface area contributed by atoms with Crippen molar-refractivity contribution in [2.45, 2.75) is 28.8 Å². The zero-order valence-electron chi connectivity index (χ0n) is 27.9. The van der Waals surface area contributed by atoms with Crippen molar-refractivity contribution < 1.29 is 37.3 Å². The van der Waals surface area contributed by atoms with Gasteiger partial charge < -0.3 is 24.8 Å². The molecule has 0 saturated carbocycles. The molecule has 1 amide bonds. The van der Waals surface area contributed by atoms with Gasteiger partial charge in [0.25, 0.3) is 0 Å². The van der Waals surface area contributed by atoms with Crippen LogP contribution in [-0.4, -0.2) is 86.9 Å². The highest BCUT2D eigenvalue weighted by Gasteiger charge is 2.31. The number of thioether (sulfide) groups is 2. The molecule has 0 spiro atoms. The van der Waals surface area contributed by atoms with E-state index in [0.29, 0.717) is 42.4 Å². The Morgan fingerprint density at radius 1 is 0.820 bits per heavy atom. The van der Waals surface area contributed by atoms with Crippen molar-refractivity contribution >= 4 is 53.2 Å². The lowest BCUT2D eigenvalue weighted by Gasteiger charge is -2.36. The van der Waals surface area contributed by atoms with Crippen molar-refractivity contribution in [3.05, 3.63) is 88.5 Å². The van der Waals surface area contributed by atoms with Crippen LogP contribution in [0.2, 0.25) is 0 Å². The average molecular weight is 728 g/mol. The van der Waals surface area contributed by atoms with Crippen LogP contribution in [0.3, 0.4) is 0 Å². The highest BCUT2D eigenvalue weighted by molar-refractivity contribution is 8.00. The number of benzene rings is 3. The van der Waals surface area contributed by atoms with E-state index in [2.05, 4.69) is 10.2 Å². The van der Waals surface area contributed by atoms with E-state index in [0.717, 1.165) is 76.5 Å². The Labute approximate surface area is 298 Å². The molecule has 1 fully saturated rings. The monoisotopic (exact) mass is 727 g/mol. The van der Waals surface area contributed by atoms with Gasteiger partial charge in [-0.25, -0.2) is 4.79 Å². The summed E-state index contributed by atoms with van der Waals surface area (Å²) in [6, 6.07) is 17.1. The van der Waals surface area contributed by atoms with E-state index >= 15 is 0 Å². The Bertz CT molecular complexity index is 1740. The quantitative estimate of drug-likeness (QED) is 0.211. The fourth-order valence-electron chi connectivity index (χ4n) is 5.70. The summed E-state index contributed by atoms with van der Waals surface area (Å²) in [6.45, 7) is 4.57. The fraction of sp³-hybridized carbons (Fsp3) is 0.351. The second-order valence-corrected chi connectivity index (χ2v) is 13.9. The molecule has 3 aliphatic rings. The third kappa shape index (κ3) is 10.0. The van der Waals surface area contributed by atoms with Crippen LogP contribution in [0, 0.1) is 0 Å². The molecule has 13 heteroatoms. The SMILES string of the molecule is COc1ccc2c(c1)C=C(C(=O)NCCCCN1CCN(c3cccc(C(F)(F)F)c3)CC1)CS2.COc1ccc2c(c1)C=C(C(=O)O)CS2. The molecule has 3 aliphatic heterocycles. The molecule has 1 saturated heterocycles. The van der Waals surface area contributed by atoms with E-state index in [-0.39, 0.29) is 5.91 Å². The number of anilines is 1. The molecule has 0 aromatic heterocycles. The van der Waals surface area contributed by atoms with Crippen LogP contribution in [0.1, 0.15) is 29.5 Å². The summed E-state index contributed by atoms with van der Waals surface area (Å²) >= 11 is 3.20. The van der Waals surface area contributed by atoms with Gasteiger partial charge in [-0.1, -0.05) is 6.07 Å². The molecule has 266 valence electrons. The molecule has 0 radical (unpaired) electrons.